The van der Waals surface area contributed by atoms with E-state index in [0.29, 0.717) is 0 Å². The van der Waals surface area contributed by atoms with Crippen LogP contribution in [0.3, 0.4) is 0 Å². The van der Waals surface area contributed by atoms with Gasteiger partial charge in [0.05, 0.1) is 0 Å². The lowest BCUT2D eigenvalue weighted by Crippen LogP contribution is -2.16. The van der Waals surface area contributed by atoms with Crippen molar-refractivity contribution in [3.63, 3.8) is 0 Å². The van der Waals surface area contributed by atoms with E-state index in [1.54, 1.807) is 0 Å². The first-order valence-corrected chi connectivity index (χ1v) is 3.37. The Morgan fingerprint density at radius 1 is 1.00 bits per heavy atom. The third-order valence-corrected chi connectivity index (χ3v) is 1.45. The Kier molecular flexibility index (Phi) is 2.54. The highest BCUT2D eigenvalue weighted by Gasteiger charge is 2.41. The first kappa shape index (κ1) is 9.95. The van der Waals surface area contributed by atoms with Crippen LogP contribution in [0.5, 0.6) is 0 Å². The van der Waals surface area contributed by atoms with Crippen molar-refractivity contribution in [2.24, 2.45) is 0 Å². The van der Waals surface area contributed by atoms with Crippen molar-refractivity contribution in [3.8, 4) is 0 Å². The van der Waals surface area contributed by atoms with Crippen molar-refractivity contribution in [2.75, 3.05) is 0 Å². The fourth-order valence-electron chi connectivity index (χ4n) is 0.821. The number of alkyl halides is 4. The molecule has 0 N–H and O–H groups in total. The molecule has 72 valence electrons. The minimum absolute atomic E-state index is 0.589. The molecule has 0 saturated carbocycles. The zero-order chi connectivity index (χ0) is 10.1. The third kappa shape index (κ3) is 2.40. The molecular weight excluding hydrogens is 191 g/mol. The molecule has 0 heterocycles. The van der Waals surface area contributed by atoms with Crippen molar-refractivity contribution < 1.29 is 22.0 Å². The lowest BCUT2D eigenvalue weighted by molar-refractivity contribution is -0.182. The smallest absolute Gasteiger partial charge is 0.232 e. The zero-order valence-corrected chi connectivity index (χ0v) is 6.28. The Morgan fingerprint density at radius 2 is 1.46 bits per heavy atom. The number of halogens is 5. The maximum atomic E-state index is 12.5. The molecule has 5 heteroatoms. The molecule has 1 unspecified atom stereocenters. The molecule has 0 aliphatic rings. The molecule has 0 bridgehead atoms. The van der Waals surface area contributed by atoms with Gasteiger partial charge in [0, 0.05) is 0 Å². The van der Waals surface area contributed by atoms with Crippen LogP contribution in [0.25, 0.3) is 0 Å². The van der Waals surface area contributed by atoms with Crippen LogP contribution in [0.2, 0.25) is 0 Å². The standard InChI is InChI=1S/C8H5F5/c9-6-3-1-5(2-4-6)7(10)8(11,12)13/h1-4,7H. The summed E-state index contributed by atoms with van der Waals surface area (Å²) in [5, 5.41) is 0. The summed E-state index contributed by atoms with van der Waals surface area (Å²) in [6.07, 6.45) is -7.98. The van der Waals surface area contributed by atoms with Gasteiger partial charge in [-0.2, -0.15) is 13.2 Å². The summed E-state index contributed by atoms with van der Waals surface area (Å²) in [6, 6.07) is 3.11. The van der Waals surface area contributed by atoms with Gasteiger partial charge < -0.3 is 0 Å². The van der Waals surface area contributed by atoms with Crippen LogP contribution in [0, 0.1) is 5.82 Å². The minimum Gasteiger partial charge on any atom is -0.232 e. The molecule has 0 fully saturated rings. The molecule has 1 atom stereocenters. The second kappa shape index (κ2) is 3.32. The van der Waals surface area contributed by atoms with E-state index in [9.17, 15) is 22.0 Å². The largest absolute Gasteiger partial charge is 0.423 e. The van der Waals surface area contributed by atoms with E-state index >= 15 is 0 Å². The number of rotatable bonds is 1. The lowest BCUT2D eigenvalue weighted by Gasteiger charge is -2.11. The van der Waals surface area contributed by atoms with E-state index < -0.39 is 23.7 Å². The van der Waals surface area contributed by atoms with Crippen LogP contribution >= 0.6 is 0 Å². The summed E-state index contributed by atoms with van der Waals surface area (Å²) in [5.74, 6) is -0.696. The minimum atomic E-state index is -4.93. The fraction of sp³-hybridized carbons (Fsp3) is 0.250. The molecule has 0 aliphatic heterocycles. The molecule has 1 aromatic carbocycles. The van der Waals surface area contributed by atoms with Gasteiger partial charge in [0.15, 0.2) is 0 Å². The van der Waals surface area contributed by atoms with Gasteiger partial charge in [0.2, 0.25) is 6.17 Å². The summed E-state index contributed by atoms with van der Waals surface area (Å²) >= 11 is 0. The second-order valence-corrected chi connectivity index (χ2v) is 2.46. The van der Waals surface area contributed by atoms with Crippen molar-refractivity contribution in [1.29, 1.82) is 0 Å². The van der Waals surface area contributed by atoms with E-state index in [1.807, 2.05) is 0 Å². The number of benzene rings is 1. The Bertz CT molecular complexity index is 274. The lowest BCUT2D eigenvalue weighted by atomic mass is 10.1. The van der Waals surface area contributed by atoms with E-state index in [1.165, 1.54) is 0 Å². The van der Waals surface area contributed by atoms with Crippen LogP contribution in [-0.2, 0) is 0 Å². The number of hydrogen-bond donors (Lipinski definition) is 0. The van der Waals surface area contributed by atoms with E-state index in [4.69, 9.17) is 0 Å². The first-order chi connectivity index (χ1) is 5.91. The highest BCUT2D eigenvalue weighted by molar-refractivity contribution is 5.19. The molecule has 1 aromatic rings. The van der Waals surface area contributed by atoms with Gasteiger partial charge in [-0.1, -0.05) is 12.1 Å². The average Bonchev–Trinajstić information content (AvgIpc) is 2.03. The van der Waals surface area contributed by atoms with Gasteiger partial charge in [-0.3, -0.25) is 0 Å². The van der Waals surface area contributed by atoms with Gasteiger partial charge in [-0.15, -0.1) is 0 Å². The fourth-order valence-corrected chi connectivity index (χ4v) is 0.821. The third-order valence-electron chi connectivity index (χ3n) is 1.45. The Hall–Kier alpha value is -1.13. The Labute approximate surface area is 71.0 Å². The zero-order valence-electron chi connectivity index (χ0n) is 6.28. The summed E-state index contributed by atoms with van der Waals surface area (Å²) in [5.41, 5.74) is -0.589. The maximum Gasteiger partial charge on any atom is 0.423 e. The maximum absolute atomic E-state index is 12.5. The Balaban J connectivity index is 2.90. The average molecular weight is 196 g/mol. The molecular formula is C8H5F5. The molecule has 13 heavy (non-hydrogen) atoms. The second-order valence-electron chi connectivity index (χ2n) is 2.46. The summed E-state index contributed by atoms with van der Waals surface area (Å²) in [6.45, 7) is 0. The number of hydrogen-bond acceptors (Lipinski definition) is 0. The SMILES string of the molecule is Fc1ccc(C(F)C(F)(F)F)cc1. The molecule has 0 aliphatic carbocycles. The Morgan fingerprint density at radius 3 is 1.85 bits per heavy atom. The van der Waals surface area contributed by atoms with Gasteiger partial charge in [-0.25, -0.2) is 8.78 Å². The van der Waals surface area contributed by atoms with E-state index in [0.717, 1.165) is 24.3 Å². The molecule has 0 nitrogen and oxygen atoms in total. The van der Waals surface area contributed by atoms with Gasteiger partial charge in [-0.05, 0) is 17.7 Å². The van der Waals surface area contributed by atoms with Crippen molar-refractivity contribution in [2.45, 2.75) is 12.3 Å². The predicted molar refractivity (Wildman–Crippen MR) is 36.3 cm³/mol. The summed E-state index contributed by atoms with van der Waals surface area (Å²) in [7, 11) is 0. The van der Waals surface area contributed by atoms with Crippen molar-refractivity contribution in [1.82, 2.24) is 0 Å². The van der Waals surface area contributed by atoms with Gasteiger partial charge in [0.25, 0.3) is 0 Å². The van der Waals surface area contributed by atoms with Crippen LogP contribution in [0.1, 0.15) is 11.7 Å². The molecule has 0 amide bonds. The highest BCUT2D eigenvalue weighted by atomic mass is 19.4. The molecule has 0 saturated heterocycles. The topological polar surface area (TPSA) is 0 Å². The first-order valence-electron chi connectivity index (χ1n) is 3.37. The van der Waals surface area contributed by atoms with Gasteiger partial charge >= 0.3 is 6.18 Å². The molecule has 0 radical (unpaired) electrons. The highest BCUT2D eigenvalue weighted by Crippen LogP contribution is 2.35. The van der Waals surface area contributed by atoms with E-state index in [-0.39, 0.29) is 0 Å². The molecule has 0 spiro atoms. The molecule has 1 rings (SSSR count). The molecule has 0 aromatic heterocycles. The van der Waals surface area contributed by atoms with Gasteiger partial charge in [0.1, 0.15) is 5.82 Å². The van der Waals surface area contributed by atoms with Crippen LogP contribution in [0.15, 0.2) is 24.3 Å². The summed E-state index contributed by atoms with van der Waals surface area (Å²) < 4.78 is 60.1. The van der Waals surface area contributed by atoms with Crippen LogP contribution in [0.4, 0.5) is 22.0 Å². The summed E-state index contributed by atoms with van der Waals surface area (Å²) in [4.78, 5) is 0. The van der Waals surface area contributed by atoms with Crippen molar-refractivity contribution in [3.05, 3.63) is 35.6 Å². The van der Waals surface area contributed by atoms with E-state index in [2.05, 4.69) is 0 Å². The quantitative estimate of drug-likeness (QED) is 0.604. The van der Waals surface area contributed by atoms with Crippen LogP contribution in [-0.4, -0.2) is 6.18 Å². The normalized spacial score (nSPS) is 14.2. The van der Waals surface area contributed by atoms with Crippen LogP contribution < -0.4 is 0 Å². The predicted octanol–water partition coefficient (Wildman–Crippen LogP) is 3.40. The van der Waals surface area contributed by atoms with Crippen molar-refractivity contribution >= 4 is 0 Å². The monoisotopic (exact) mass is 196 g/mol.